The van der Waals surface area contributed by atoms with Crippen molar-refractivity contribution in [2.75, 3.05) is 13.2 Å². The molecule has 0 spiro atoms. The van der Waals surface area contributed by atoms with Gasteiger partial charge in [0.15, 0.2) is 0 Å². The van der Waals surface area contributed by atoms with Gasteiger partial charge in [0, 0.05) is 12.6 Å². The summed E-state index contributed by atoms with van der Waals surface area (Å²) in [6.07, 6.45) is 2.62. The van der Waals surface area contributed by atoms with E-state index in [1.165, 1.54) is 17.5 Å². The fourth-order valence-electron chi connectivity index (χ4n) is 2.89. The van der Waals surface area contributed by atoms with Gasteiger partial charge in [-0.05, 0) is 37.8 Å². The summed E-state index contributed by atoms with van der Waals surface area (Å²) in [7, 11) is 0. The molecule has 3 atom stereocenters. The molecule has 1 heterocycles. The molecular weight excluding hydrogens is 222 g/mol. The number of ether oxygens (including phenoxy) is 1. The van der Waals surface area contributed by atoms with Crippen LogP contribution in [0.5, 0.6) is 0 Å². The van der Waals surface area contributed by atoms with Crippen molar-refractivity contribution in [3.05, 3.63) is 35.4 Å². The Morgan fingerprint density at radius 3 is 2.89 bits per heavy atom. The average molecular weight is 247 g/mol. The SMILES string of the molecule is CCNC(Cc1cccc(C)c1)C1OCCC1C. The molecule has 2 nitrogen and oxygen atoms in total. The monoisotopic (exact) mass is 247 g/mol. The number of benzene rings is 1. The van der Waals surface area contributed by atoms with E-state index in [1.807, 2.05) is 0 Å². The summed E-state index contributed by atoms with van der Waals surface area (Å²) in [5, 5.41) is 3.60. The second-order valence-electron chi connectivity index (χ2n) is 5.46. The smallest absolute Gasteiger partial charge is 0.0757 e. The maximum atomic E-state index is 5.92. The first kappa shape index (κ1) is 13.6. The summed E-state index contributed by atoms with van der Waals surface area (Å²) in [6, 6.07) is 9.24. The van der Waals surface area contributed by atoms with Crippen molar-refractivity contribution in [1.82, 2.24) is 5.32 Å². The van der Waals surface area contributed by atoms with Gasteiger partial charge < -0.3 is 10.1 Å². The van der Waals surface area contributed by atoms with Crippen molar-refractivity contribution in [2.45, 2.75) is 45.8 Å². The standard InChI is InChI=1S/C16H25NO/c1-4-17-15(16-13(3)8-9-18-16)11-14-7-5-6-12(2)10-14/h5-7,10,13,15-17H,4,8-9,11H2,1-3H3. The second kappa shape index (κ2) is 6.35. The van der Waals surface area contributed by atoms with Crippen LogP contribution in [0.3, 0.4) is 0 Å². The number of likely N-dealkylation sites (N-methyl/N-ethyl adjacent to an activating group) is 1. The molecule has 0 saturated carbocycles. The van der Waals surface area contributed by atoms with Gasteiger partial charge in [-0.25, -0.2) is 0 Å². The van der Waals surface area contributed by atoms with Gasteiger partial charge in [0.2, 0.25) is 0 Å². The molecule has 3 unspecified atom stereocenters. The highest BCUT2D eigenvalue weighted by atomic mass is 16.5. The molecule has 0 amide bonds. The van der Waals surface area contributed by atoms with Gasteiger partial charge in [-0.15, -0.1) is 0 Å². The average Bonchev–Trinajstić information content (AvgIpc) is 2.75. The minimum Gasteiger partial charge on any atom is -0.376 e. The Hall–Kier alpha value is -0.860. The topological polar surface area (TPSA) is 21.3 Å². The Labute approximate surface area is 111 Å². The first-order valence-corrected chi connectivity index (χ1v) is 7.11. The van der Waals surface area contributed by atoms with Crippen LogP contribution in [0.25, 0.3) is 0 Å². The van der Waals surface area contributed by atoms with Gasteiger partial charge in [0.1, 0.15) is 0 Å². The molecule has 1 saturated heterocycles. The molecule has 0 radical (unpaired) electrons. The van der Waals surface area contributed by atoms with Crippen molar-refractivity contribution in [1.29, 1.82) is 0 Å². The summed E-state index contributed by atoms with van der Waals surface area (Å²) in [4.78, 5) is 0. The molecule has 100 valence electrons. The van der Waals surface area contributed by atoms with Gasteiger partial charge in [-0.3, -0.25) is 0 Å². The highest BCUT2D eigenvalue weighted by Crippen LogP contribution is 2.24. The third-order valence-electron chi connectivity index (χ3n) is 3.85. The molecule has 18 heavy (non-hydrogen) atoms. The molecule has 0 bridgehead atoms. The second-order valence-corrected chi connectivity index (χ2v) is 5.46. The summed E-state index contributed by atoms with van der Waals surface area (Å²) >= 11 is 0. The Morgan fingerprint density at radius 1 is 1.44 bits per heavy atom. The summed E-state index contributed by atoms with van der Waals surface area (Å²) < 4.78 is 5.92. The number of nitrogens with one attached hydrogen (secondary N) is 1. The molecule has 1 aliphatic rings. The van der Waals surface area contributed by atoms with E-state index in [-0.39, 0.29) is 0 Å². The molecule has 2 rings (SSSR count). The predicted molar refractivity (Wildman–Crippen MR) is 75.9 cm³/mol. The maximum Gasteiger partial charge on any atom is 0.0757 e. The zero-order chi connectivity index (χ0) is 13.0. The Bertz CT molecular complexity index is 377. The predicted octanol–water partition coefficient (Wildman–Crippen LogP) is 2.94. The zero-order valence-corrected chi connectivity index (χ0v) is 11.8. The first-order chi connectivity index (χ1) is 8.70. The van der Waals surface area contributed by atoms with E-state index in [9.17, 15) is 0 Å². The van der Waals surface area contributed by atoms with Gasteiger partial charge in [-0.1, -0.05) is 43.7 Å². The molecule has 1 N–H and O–H groups in total. The van der Waals surface area contributed by atoms with E-state index >= 15 is 0 Å². The highest BCUT2D eigenvalue weighted by molar-refractivity contribution is 5.23. The fourth-order valence-corrected chi connectivity index (χ4v) is 2.89. The summed E-state index contributed by atoms with van der Waals surface area (Å²) in [5.41, 5.74) is 2.74. The van der Waals surface area contributed by atoms with Crippen LogP contribution in [0, 0.1) is 12.8 Å². The van der Waals surface area contributed by atoms with Crippen molar-refractivity contribution >= 4 is 0 Å². The number of hydrogen-bond donors (Lipinski definition) is 1. The molecule has 0 aliphatic carbocycles. The van der Waals surface area contributed by atoms with Crippen LogP contribution in [-0.4, -0.2) is 25.3 Å². The quantitative estimate of drug-likeness (QED) is 0.864. The lowest BCUT2D eigenvalue weighted by molar-refractivity contribution is 0.0615. The Kier molecular flexibility index (Phi) is 4.79. The van der Waals surface area contributed by atoms with Gasteiger partial charge in [-0.2, -0.15) is 0 Å². The Balaban J connectivity index is 2.06. The minimum absolute atomic E-state index is 0.366. The summed E-state index contributed by atoms with van der Waals surface area (Å²) in [5.74, 6) is 0.666. The maximum absolute atomic E-state index is 5.92. The molecule has 1 fully saturated rings. The van der Waals surface area contributed by atoms with Gasteiger partial charge in [0.25, 0.3) is 0 Å². The van der Waals surface area contributed by atoms with Crippen molar-refractivity contribution in [2.24, 2.45) is 5.92 Å². The molecule has 2 heteroatoms. The van der Waals surface area contributed by atoms with Crippen LogP contribution in [0.2, 0.25) is 0 Å². The van der Waals surface area contributed by atoms with E-state index in [0.29, 0.717) is 18.1 Å². The van der Waals surface area contributed by atoms with Crippen LogP contribution in [0.15, 0.2) is 24.3 Å². The van der Waals surface area contributed by atoms with Crippen LogP contribution < -0.4 is 5.32 Å². The number of hydrogen-bond acceptors (Lipinski definition) is 2. The lowest BCUT2D eigenvalue weighted by Gasteiger charge is -2.27. The Morgan fingerprint density at radius 2 is 2.28 bits per heavy atom. The minimum atomic E-state index is 0.366. The van der Waals surface area contributed by atoms with Crippen LogP contribution in [0.4, 0.5) is 0 Å². The van der Waals surface area contributed by atoms with E-state index in [0.717, 1.165) is 19.6 Å². The number of aryl methyl sites for hydroxylation is 1. The molecule has 1 aliphatic heterocycles. The molecule has 1 aromatic carbocycles. The molecule has 0 aromatic heterocycles. The number of rotatable bonds is 5. The van der Waals surface area contributed by atoms with Gasteiger partial charge in [0.05, 0.1) is 6.10 Å². The van der Waals surface area contributed by atoms with Crippen LogP contribution in [-0.2, 0) is 11.2 Å². The van der Waals surface area contributed by atoms with E-state index in [1.54, 1.807) is 0 Å². The van der Waals surface area contributed by atoms with Crippen molar-refractivity contribution in [3.8, 4) is 0 Å². The van der Waals surface area contributed by atoms with Crippen LogP contribution >= 0.6 is 0 Å². The normalized spacial score (nSPS) is 25.3. The van der Waals surface area contributed by atoms with E-state index in [2.05, 4.69) is 50.4 Å². The molecule has 1 aromatic rings. The van der Waals surface area contributed by atoms with E-state index < -0.39 is 0 Å². The van der Waals surface area contributed by atoms with Crippen LogP contribution in [0.1, 0.15) is 31.4 Å². The fraction of sp³-hybridized carbons (Fsp3) is 0.625. The zero-order valence-electron chi connectivity index (χ0n) is 11.8. The van der Waals surface area contributed by atoms with Crippen molar-refractivity contribution in [3.63, 3.8) is 0 Å². The largest absolute Gasteiger partial charge is 0.376 e. The third-order valence-corrected chi connectivity index (χ3v) is 3.85. The first-order valence-electron chi connectivity index (χ1n) is 7.11. The van der Waals surface area contributed by atoms with Crippen molar-refractivity contribution < 1.29 is 4.74 Å². The lowest BCUT2D eigenvalue weighted by atomic mass is 9.92. The third kappa shape index (κ3) is 3.33. The van der Waals surface area contributed by atoms with E-state index in [4.69, 9.17) is 4.74 Å². The molecular formula is C16H25NO. The highest BCUT2D eigenvalue weighted by Gasteiger charge is 2.31. The van der Waals surface area contributed by atoms with Gasteiger partial charge >= 0.3 is 0 Å². The summed E-state index contributed by atoms with van der Waals surface area (Å²) in [6.45, 7) is 8.55. The lowest BCUT2D eigenvalue weighted by Crippen LogP contribution is -2.43.